The maximum absolute atomic E-state index is 11.5. The van der Waals surface area contributed by atoms with Gasteiger partial charge in [-0.25, -0.2) is 4.98 Å². The van der Waals surface area contributed by atoms with Crippen molar-refractivity contribution in [3.8, 4) is 5.69 Å². The summed E-state index contributed by atoms with van der Waals surface area (Å²) < 4.78 is 4.50. The van der Waals surface area contributed by atoms with Gasteiger partial charge in [0.15, 0.2) is 0 Å². The molecule has 0 aliphatic carbocycles. The summed E-state index contributed by atoms with van der Waals surface area (Å²) in [5, 5.41) is 7.04. The minimum Gasteiger partial charge on any atom is -0.341 e. The lowest BCUT2D eigenvalue weighted by molar-refractivity contribution is 0.112. The lowest BCUT2D eigenvalue weighted by atomic mass is 10.00. The van der Waals surface area contributed by atoms with Gasteiger partial charge in [0.05, 0.1) is 11.0 Å². The number of hydrogen-bond acceptors (Lipinski definition) is 2. The topological polar surface area (TPSA) is 39.8 Å². The smallest absolute Gasteiger partial charge is 0.150 e. The van der Waals surface area contributed by atoms with Crippen LogP contribution in [0, 0.1) is 0 Å². The molecule has 0 aliphatic heterocycles. The Hall–Kier alpha value is -4.44. The van der Waals surface area contributed by atoms with Crippen LogP contribution in [0.25, 0.3) is 60.1 Å². The normalized spacial score (nSPS) is 11.9. The molecule has 0 bridgehead atoms. The zero-order valence-corrected chi connectivity index (χ0v) is 18.7. The summed E-state index contributed by atoms with van der Waals surface area (Å²) in [5.41, 5.74) is 6.19. The molecule has 0 radical (unpaired) electrons. The molecule has 0 saturated carbocycles. The number of hydrogen-bond donors (Lipinski definition) is 0. The van der Waals surface area contributed by atoms with Gasteiger partial charge in [0.1, 0.15) is 12.6 Å². The van der Waals surface area contributed by atoms with Gasteiger partial charge in [0, 0.05) is 50.4 Å². The Morgan fingerprint density at radius 3 is 2.12 bits per heavy atom. The Bertz CT molecular complexity index is 1920. The van der Waals surface area contributed by atoms with Crippen molar-refractivity contribution in [1.29, 1.82) is 0 Å². The molecule has 0 saturated heterocycles. The van der Waals surface area contributed by atoms with Crippen molar-refractivity contribution in [2.45, 2.75) is 13.5 Å². The Labute approximate surface area is 195 Å². The van der Waals surface area contributed by atoms with E-state index in [9.17, 15) is 4.79 Å². The number of fused-ring (bicyclic) bond motifs is 9. The molecule has 0 unspecified atom stereocenters. The molecular formula is C30H21N3O. The van der Waals surface area contributed by atoms with E-state index in [0.29, 0.717) is 5.56 Å². The van der Waals surface area contributed by atoms with E-state index in [4.69, 9.17) is 4.98 Å². The standard InChI is InChI=1S/C30H21N3O/c1-2-32-27-13-11-19(17-34)15-25(27)26-16-20(12-14-28(26)32)33-18-31-29-23-9-5-3-7-21(23)22-8-4-6-10-24(22)30(29)33/h3-18H,2H2,1H3. The number of benzene rings is 5. The third kappa shape index (κ3) is 2.48. The van der Waals surface area contributed by atoms with Crippen molar-refractivity contribution >= 4 is 60.7 Å². The predicted octanol–water partition coefficient (Wildman–Crippen LogP) is 7.27. The van der Waals surface area contributed by atoms with Crippen LogP contribution >= 0.6 is 0 Å². The molecular weight excluding hydrogens is 418 g/mol. The maximum atomic E-state index is 11.5. The van der Waals surface area contributed by atoms with Gasteiger partial charge < -0.3 is 4.57 Å². The number of aryl methyl sites for hydroxylation is 1. The lowest BCUT2D eigenvalue weighted by Crippen LogP contribution is -1.95. The number of carbonyl (C=O) groups excluding carboxylic acids is 1. The van der Waals surface area contributed by atoms with Crippen molar-refractivity contribution in [3.63, 3.8) is 0 Å². The van der Waals surface area contributed by atoms with Crippen LogP contribution in [0.5, 0.6) is 0 Å². The molecule has 0 aliphatic rings. The zero-order chi connectivity index (χ0) is 22.8. The van der Waals surface area contributed by atoms with Crippen LogP contribution in [-0.4, -0.2) is 20.4 Å². The molecule has 0 atom stereocenters. The first-order valence-corrected chi connectivity index (χ1v) is 11.6. The fraction of sp³-hybridized carbons (Fsp3) is 0.0667. The lowest BCUT2D eigenvalue weighted by Gasteiger charge is -2.10. The summed E-state index contributed by atoms with van der Waals surface area (Å²) in [7, 11) is 0. The molecule has 2 aromatic heterocycles. The molecule has 162 valence electrons. The van der Waals surface area contributed by atoms with Crippen LogP contribution in [0.2, 0.25) is 0 Å². The third-order valence-corrected chi connectivity index (χ3v) is 7.03. The molecule has 34 heavy (non-hydrogen) atoms. The SMILES string of the molecule is CCn1c2ccc(C=O)cc2c2cc(-n3cnc4c5ccccc5c5ccccc5c43)ccc21. The van der Waals surface area contributed by atoms with E-state index < -0.39 is 0 Å². The van der Waals surface area contributed by atoms with Gasteiger partial charge in [-0.2, -0.15) is 0 Å². The second kappa shape index (κ2) is 7.03. The Morgan fingerprint density at radius 2 is 1.38 bits per heavy atom. The van der Waals surface area contributed by atoms with Crippen molar-refractivity contribution in [3.05, 3.63) is 96.8 Å². The first-order valence-electron chi connectivity index (χ1n) is 11.6. The highest BCUT2D eigenvalue weighted by Gasteiger charge is 2.16. The Kier molecular flexibility index (Phi) is 3.94. The second-order valence-corrected chi connectivity index (χ2v) is 8.74. The number of aldehydes is 1. The van der Waals surface area contributed by atoms with Crippen LogP contribution in [0.15, 0.2) is 91.3 Å². The first kappa shape index (κ1) is 19.1. The molecule has 0 spiro atoms. The summed E-state index contributed by atoms with van der Waals surface area (Å²) in [6.07, 6.45) is 2.85. The minimum absolute atomic E-state index is 0.693. The molecule has 4 heteroatoms. The van der Waals surface area contributed by atoms with Gasteiger partial charge in [0.25, 0.3) is 0 Å². The second-order valence-electron chi connectivity index (χ2n) is 8.74. The largest absolute Gasteiger partial charge is 0.341 e. The molecule has 5 aromatic carbocycles. The van der Waals surface area contributed by atoms with E-state index in [0.717, 1.165) is 51.2 Å². The Morgan fingerprint density at radius 1 is 0.735 bits per heavy atom. The number of carbonyl (C=O) groups is 1. The van der Waals surface area contributed by atoms with Gasteiger partial charge >= 0.3 is 0 Å². The summed E-state index contributed by atoms with van der Waals surface area (Å²) in [6, 6.07) is 29.6. The van der Waals surface area contributed by atoms with E-state index in [1.54, 1.807) is 0 Å². The summed E-state index contributed by atoms with van der Waals surface area (Å²) in [6.45, 7) is 3.02. The Balaban J connectivity index is 1.59. The van der Waals surface area contributed by atoms with Crippen molar-refractivity contribution in [1.82, 2.24) is 14.1 Å². The quantitative estimate of drug-likeness (QED) is 0.214. The molecule has 4 nitrogen and oxygen atoms in total. The van der Waals surface area contributed by atoms with E-state index >= 15 is 0 Å². The van der Waals surface area contributed by atoms with Crippen LogP contribution in [0.3, 0.4) is 0 Å². The highest BCUT2D eigenvalue weighted by atomic mass is 16.1. The highest BCUT2D eigenvalue weighted by Crippen LogP contribution is 2.37. The minimum atomic E-state index is 0.693. The van der Waals surface area contributed by atoms with Gasteiger partial charge in [-0.15, -0.1) is 0 Å². The van der Waals surface area contributed by atoms with Crippen molar-refractivity contribution in [2.24, 2.45) is 0 Å². The monoisotopic (exact) mass is 439 g/mol. The van der Waals surface area contributed by atoms with Crippen molar-refractivity contribution in [2.75, 3.05) is 0 Å². The number of aromatic nitrogens is 3. The van der Waals surface area contributed by atoms with E-state index in [1.807, 2.05) is 18.5 Å². The summed E-state index contributed by atoms with van der Waals surface area (Å²) in [5.74, 6) is 0. The van der Waals surface area contributed by atoms with E-state index in [2.05, 4.69) is 88.9 Å². The molecule has 0 amide bonds. The van der Waals surface area contributed by atoms with Crippen LogP contribution < -0.4 is 0 Å². The fourth-order valence-electron chi connectivity index (χ4n) is 5.52. The molecule has 7 aromatic rings. The van der Waals surface area contributed by atoms with E-state index in [1.165, 1.54) is 21.7 Å². The van der Waals surface area contributed by atoms with Gasteiger partial charge in [0.2, 0.25) is 0 Å². The van der Waals surface area contributed by atoms with Crippen molar-refractivity contribution < 1.29 is 4.79 Å². The van der Waals surface area contributed by atoms with E-state index in [-0.39, 0.29) is 0 Å². The highest BCUT2D eigenvalue weighted by molar-refractivity contribution is 6.23. The number of nitrogens with zero attached hydrogens (tertiary/aromatic N) is 3. The third-order valence-electron chi connectivity index (χ3n) is 7.03. The van der Waals surface area contributed by atoms with Gasteiger partial charge in [-0.05, 0) is 54.1 Å². The maximum Gasteiger partial charge on any atom is 0.150 e. The number of rotatable bonds is 3. The zero-order valence-electron chi connectivity index (χ0n) is 18.7. The fourth-order valence-corrected chi connectivity index (χ4v) is 5.52. The average molecular weight is 440 g/mol. The molecule has 7 rings (SSSR count). The molecule has 0 N–H and O–H groups in total. The van der Waals surface area contributed by atoms with Gasteiger partial charge in [-0.3, -0.25) is 9.36 Å². The summed E-state index contributed by atoms with van der Waals surface area (Å²) in [4.78, 5) is 16.4. The summed E-state index contributed by atoms with van der Waals surface area (Å²) >= 11 is 0. The molecule has 2 heterocycles. The molecule has 0 fully saturated rings. The first-order chi connectivity index (χ1) is 16.8. The average Bonchev–Trinajstić information content (AvgIpc) is 3.48. The number of imidazole rings is 1. The van der Waals surface area contributed by atoms with Crippen LogP contribution in [0.4, 0.5) is 0 Å². The predicted molar refractivity (Wildman–Crippen MR) is 140 cm³/mol. The van der Waals surface area contributed by atoms with Crippen LogP contribution in [0.1, 0.15) is 17.3 Å². The van der Waals surface area contributed by atoms with Crippen LogP contribution in [-0.2, 0) is 6.54 Å². The van der Waals surface area contributed by atoms with Gasteiger partial charge in [-0.1, -0.05) is 48.5 Å².